The van der Waals surface area contributed by atoms with Gasteiger partial charge in [-0.05, 0) is 24.1 Å². The highest BCUT2D eigenvalue weighted by Gasteiger charge is 2.36. The van der Waals surface area contributed by atoms with Crippen LogP contribution < -0.4 is 5.32 Å². The van der Waals surface area contributed by atoms with Crippen molar-refractivity contribution in [2.24, 2.45) is 5.92 Å². The van der Waals surface area contributed by atoms with Gasteiger partial charge in [-0.25, -0.2) is 4.98 Å². The maximum Gasteiger partial charge on any atom is 0.261 e. The second kappa shape index (κ2) is 5.88. The van der Waals surface area contributed by atoms with Crippen molar-refractivity contribution in [1.82, 2.24) is 14.3 Å². The van der Waals surface area contributed by atoms with Crippen LogP contribution in [0.4, 0.5) is 5.13 Å². The molecule has 0 bridgehead atoms. The Kier molecular flexibility index (Phi) is 3.91. The molecule has 3 amide bonds. The van der Waals surface area contributed by atoms with Crippen molar-refractivity contribution in [3.8, 4) is 0 Å². The first-order valence-corrected chi connectivity index (χ1v) is 7.83. The standard InChI is InChI=1S/C15H14N4O3S/c1-8(2)6-19-13(21)10-4-3-9(5-11(10)14(19)22)12(20)18-15-16-7-17-23-15/h3-5,7-8H,6H2,1-2H3,(H,16,17,18,20). The number of amides is 3. The van der Waals surface area contributed by atoms with Crippen LogP contribution in [-0.4, -0.2) is 38.5 Å². The van der Waals surface area contributed by atoms with Gasteiger partial charge >= 0.3 is 0 Å². The van der Waals surface area contributed by atoms with E-state index >= 15 is 0 Å². The smallest absolute Gasteiger partial charge is 0.261 e. The molecule has 1 aromatic heterocycles. The second-order valence-electron chi connectivity index (χ2n) is 5.58. The zero-order valence-corrected chi connectivity index (χ0v) is 13.4. The number of carbonyl (C=O) groups is 3. The summed E-state index contributed by atoms with van der Waals surface area (Å²) in [5.74, 6) is -0.886. The van der Waals surface area contributed by atoms with Crippen LogP contribution in [0.5, 0.6) is 0 Å². The van der Waals surface area contributed by atoms with Crippen LogP contribution in [0.15, 0.2) is 24.5 Å². The number of anilines is 1. The lowest BCUT2D eigenvalue weighted by molar-refractivity contribution is 0.0636. The highest BCUT2D eigenvalue weighted by Crippen LogP contribution is 2.25. The Morgan fingerprint density at radius 2 is 2.00 bits per heavy atom. The fraction of sp³-hybridized carbons (Fsp3) is 0.267. The van der Waals surface area contributed by atoms with E-state index in [-0.39, 0.29) is 23.3 Å². The molecule has 2 heterocycles. The van der Waals surface area contributed by atoms with Gasteiger partial charge in [-0.1, -0.05) is 13.8 Å². The SMILES string of the molecule is CC(C)CN1C(=O)c2ccc(C(=O)Nc3ncns3)cc2C1=O. The van der Waals surface area contributed by atoms with Crippen molar-refractivity contribution in [2.75, 3.05) is 11.9 Å². The van der Waals surface area contributed by atoms with Crippen LogP contribution in [-0.2, 0) is 0 Å². The van der Waals surface area contributed by atoms with Crippen LogP contribution >= 0.6 is 11.5 Å². The van der Waals surface area contributed by atoms with Gasteiger partial charge in [0.25, 0.3) is 17.7 Å². The van der Waals surface area contributed by atoms with E-state index in [1.807, 2.05) is 13.8 Å². The molecule has 0 radical (unpaired) electrons. The largest absolute Gasteiger partial charge is 0.297 e. The van der Waals surface area contributed by atoms with Crippen molar-refractivity contribution in [3.05, 3.63) is 41.2 Å². The van der Waals surface area contributed by atoms with Gasteiger partial charge in [0, 0.05) is 23.6 Å². The van der Waals surface area contributed by atoms with Crippen LogP contribution in [0.1, 0.15) is 44.9 Å². The quantitative estimate of drug-likeness (QED) is 0.866. The van der Waals surface area contributed by atoms with Gasteiger partial charge in [0.15, 0.2) is 0 Å². The summed E-state index contributed by atoms with van der Waals surface area (Å²) in [5.41, 5.74) is 0.898. The average molecular weight is 330 g/mol. The lowest BCUT2D eigenvalue weighted by Crippen LogP contribution is -2.33. The Morgan fingerprint density at radius 1 is 1.26 bits per heavy atom. The third-order valence-corrected chi connectivity index (χ3v) is 3.94. The van der Waals surface area contributed by atoms with Crippen LogP contribution in [0.2, 0.25) is 0 Å². The van der Waals surface area contributed by atoms with Crippen molar-refractivity contribution < 1.29 is 14.4 Å². The topological polar surface area (TPSA) is 92.3 Å². The molecule has 0 saturated carbocycles. The third kappa shape index (κ3) is 2.85. The monoisotopic (exact) mass is 330 g/mol. The molecule has 2 aromatic rings. The van der Waals surface area contributed by atoms with Crippen molar-refractivity contribution in [2.45, 2.75) is 13.8 Å². The molecule has 1 aromatic carbocycles. The third-order valence-electron chi connectivity index (χ3n) is 3.36. The Labute approximate surface area is 136 Å². The number of rotatable bonds is 4. The first kappa shape index (κ1) is 15.3. The van der Waals surface area contributed by atoms with Crippen LogP contribution in [0, 0.1) is 5.92 Å². The molecule has 0 atom stereocenters. The molecule has 0 aliphatic carbocycles. The van der Waals surface area contributed by atoms with Gasteiger partial charge in [0.1, 0.15) is 6.33 Å². The molecular weight excluding hydrogens is 316 g/mol. The highest BCUT2D eigenvalue weighted by atomic mass is 32.1. The van der Waals surface area contributed by atoms with Gasteiger partial charge in [-0.2, -0.15) is 4.37 Å². The molecule has 7 nitrogen and oxygen atoms in total. The maximum absolute atomic E-state index is 12.4. The summed E-state index contributed by atoms with van der Waals surface area (Å²) in [6.45, 7) is 4.23. The first-order valence-electron chi connectivity index (χ1n) is 7.05. The number of nitrogens with zero attached hydrogens (tertiary/aromatic N) is 3. The minimum Gasteiger partial charge on any atom is -0.297 e. The zero-order valence-electron chi connectivity index (χ0n) is 12.6. The summed E-state index contributed by atoms with van der Waals surface area (Å²) in [7, 11) is 0. The normalized spacial score (nSPS) is 13.6. The van der Waals surface area contributed by atoms with E-state index in [4.69, 9.17) is 0 Å². The molecular formula is C15H14N4O3S. The number of carbonyl (C=O) groups excluding carboxylic acids is 3. The Morgan fingerprint density at radius 3 is 2.65 bits per heavy atom. The molecule has 23 heavy (non-hydrogen) atoms. The van der Waals surface area contributed by atoms with Gasteiger partial charge in [0.2, 0.25) is 5.13 Å². The van der Waals surface area contributed by atoms with Gasteiger partial charge in [0.05, 0.1) is 11.1 Å². The summed E-state index contributed by atoms with van der Waals surface area (Å²) in [4.78, 5) is 41.9. The van der Waals surface area contributed by atoms with Crippen molar-refractivity contribution >= 4 is 34.4 Å². The lowest BCUT2D eigenvalue weighted by Gasteiger charge is -2.15. The minimum absolute atomic E-state index is 0.178. The number of benzene rings is 1. The number of hydrogen-bond donors (Lipinski definition) is 1. The molecule has 118 valence electrons. The second-order valence-corrected chi connectivity index (χ2v) is 6.36. The van der Waals surface area contributed by atoms with Gasteiger partial charge < -0.3 is 0 Å². The Bertz CT molecular complexity index is 786. The minimum atomic E-state index is -0.396. The summed E-state index contributed by atoms with van der Waals surface area (Å²) < 4.78 is 3.80. The molecule has 8 heteroatoms. The van der Waals surface area contributed by atoms with E-state index in [0.29, 0.717) is 22.8 Å². The molecule has 1 N–H and O–H groups in total. The average Bonchev–Trinajstić information content (AvgIpc) is 3.10. The van der Waals surface area contributed by atoms with E-state index in [1.54, 1.807) is 0 Å². The fourth-order valence-corrected chi connectivity index (χ4v) is 2.79. The zero-order chi connectivity index (χ0) is 16.6. The van der Waals surface area contributed by atoms with Crippen LogP contribution in [0.3, 0.4) is 0 Å². The molecule has 0 spiro atoms. The highest BCUT2D eigenvalue weighted by molar-refractivity contribution is 7.09. The molecule has 0 saturated heterocycles. The summed E-state index contributed by atoms with van der Waals surface area (Å²) in [6.07, 6.45) is 1.34. The summed E-state index contributed by atoms with van der Waals surface area (Å²) >= 11 is 1.06. The Balaban J connectivity index is 1.86. The van der Waals surface area contributed by atoms with Crippen molar-refractivity contribution in [1.29, 1.82) is 0 Å². The molecule has 3 rings (SSSR count). The predicted molar refractivity (Wildman–Crippen MR) is 84.5 cm³/mol. The molecule has 1 aliphatic rings. The Hall–Kier alpha value is -2.61. The van der Waals surface area contributed by atoms with E-state index in [0.717, 1.165) is 11.5 Å². The molecule has 1 aliphatic heterocycles. The summed E-state index contributed by atoms with van der Waals surface area (Å²) in [6, 6.07) is 4.50. The molecule has 0 fully saturated rings. The van der Waals surface area contributed by atoms with E-state index in [2.05, 4.69) is 14.7 Å². The van der Waals surface area contributed by atoms with Gasteiger partial charge in [-0.3, -0.25) is 24.6 Å². The summed E-state index contributed by atoms with van der Waals surface area (Å²) in [5, 5.41) is 2.97. The number of imide groups is 1. The predicted octanol–water partition coefficient (Wildman–Crippen LogP) is 2.04. The van der Waals surface area contributed by atoms with Gasteiger partial charge in [-0.15, -0.1) is 0 Å². The maximum atomic E-state index is 12.4. The van der Waals surface area contributed by atoms with E-state index < -0.39 is 5.91 Å². The van der Waals surface area contributed by atoms with Crippen LogP contribution in [0.25, 0.3) is 0 Å². The van der Waals surface area contributed by atoms with Crippen molar-refractivity contribution in [3.63, 3.8) is 0 Å². The van der Waals surface area contributed by atoms with E-state index in [1.165, 1.54) is 29.4 Å². The number of aromatic nitrogens is 2. The first-order chi connectivity index (χ1) is 11.0. The number of hydrogen-bond acceptors (Lipinski definition) is 6. The lowest BCUT2D eigenvalue weighted by atomic mass is 10.1. The number of nitrogens with one attached hydrogen (secondary N) is 1. The fourth-order valence-electron chi connectivity index (χ4n) is 2.36. The molecule has 0 unspecified atom stereocenters. The van der Waals surface area contributed by atoms with E-state index in [9.17, 15) is 14.4 Å². The number of fused-ring (bicyclic) bond motifs is 1.